The normalized spacial score (nSPS) is 16.1. The lowest BCUT2D eigenvalue weighted by atomic mass is 9.74. The molecule has 2 heterocycles. The summed E-state index contributed by atoms with van der Waals surface area (Å²) in [6.45, 7) is 3.38. The second kappa shape index (κ2) is 15.6. The van der Waals surface area contributed by atoms with Crippen LogP contribution in [0.1, 0.15) is 47.4 Å². The van der Waals surface area contributed by atoms with Gasteiger partial charge in [0.25, 0.3) is 0 Å². The summed E-state index contributed by atoms with van der Waals surface area (Å²) in [5.41, 5.74) is 4.54. The van der Waals surface area contributed by atoms with Crippen molar-refractivity contribution < 1.29 is 19.1 Å². The number of para-hydroxylation sites is 1. The Bertz CT molecular complexity index is 1740. The second-order valence-corrected chi connectivity index (χ2v) is 14.2. The van der Waals surface area contributed by atoms with Crippen LogP contribution in [-0.2, 0) is 32.9 Å². The third-order valence-electron chi connectivity index (χ3n) is 9.37. The van der Waals surface area contributed by atoms with Gasteiger partial charge in [-0.05, 0) is 97.5 Å². The zero-order valence-corrected chi connectivity index (χ0v) is 29.4. The molecule has 0 saturated carbocycles. The van der Waals surface area contributed by atoms with E-state index in [1.165, 1.54) is 5.56 Å². The number of anilines is 1. The van der Waals surface area contributed by atoms with Gasteiger partial charge in [-0.1, -0.05) is 101 Å². The summed E-state index contributed by atoms with van der Waals surface area (Å²) in [7, 11) is 0. The Morgan fingerprint density at radius 2 is 1.48 bits per heavy atom. The lowest BCUT2D eigenvalue weighted by Gasteiger charge is -2.40. The summed E-state index contributed by atoms with van der Waals surface area (Å²) in [6, 6.07) is 28.5. The maximum Gasteiger partial charge on any atom is 0.414 e. The average Bonchev–Trinajstić information content (AvgIpc) is 3.40. The van der Waals surface area contributed by atoms with Crippen LogP contribution in [0.25, 0.3) is 0 Å². The fourth-order valence-corrected chi connectivity index (χ4v) is 7.72. The van der Waals surface area contributed by atoms with Crippen molar-refractivity contribution >= 4 is 64.0 Å². The van der Waals surface area contributed by atoms with Crippen LogP contribution in [0.3, 0.4) is 0 Å². The van der Waals surface area contributed by atoms with E-state index >= 15 is 0 Å². The average molecular weight is 727 g/mol. The van der Waals surface area contributed by atoms with E-state index in [0.717, 1.165) is 54.9 Å². The molecule has 0 bridgehead atoms. The van der Waals surface area contributed by atoms with Crippen molar-refractivity contribution in [2.45, 2.75) is 43.8 Å². The van der Waals surface area contributed by atoms with E-state index in [4.69, 9.17) is 55.9 Å². The molecule has 1 fully saturated rings. The molecule has 2 aliphatic rings. The number of carbonyl (C=O) groups excluding carboxylic acids is 2. The van der Waals surface area contributed by atoms with Crippen LogP contribution in [0.15, 0.2) is 91.0 Å². The number of ketones is 1. The first kappa shape index (κ1) is 34.8. The maximum absolute atomic E-state index is 13.6. The van der Waals surface area contributed by atoms with Gasteiger partial charge in [0, 0.05) is 27.9 Å². The highest BCUT2D eigenvalue weighted by molar-refractivity contribution is 6.42. The van der Waals surface area contributed by atoms with Gasteiger partial charge in [0.05, 0.1) is 22.3 Å². The molecule has 0 radical (unpaired) electrons. The minimum atomic E-state index is -0.416. The molecular formula is C38H36Cl4N2O4. The number of carbonyl (C=O) groups is 2. The molecule has 0 aromatic heterocycles. The third kappa shape index (κ3) is 8.19. The Kier molecular flexibility index (Phi) is 11.3. The summed E-state index contributed by atoms with van der Waals surface area (Å²) >= 11 is 24.8. The van der Waals surface area contributed by atoms with Gasteiger partial charge in [0.2, 0.25) is 0 Å². The first-order chi connectivity index (χ1) is 23.2. The van der Waals surface area contributed by atoms with Crippen LogP contribution in [0, 0.1) is 0 Å². The van der Waals surface area contributed by atoms with Gasteiger partial charge in [0.1, 0.15) is 13.2 Å². The molecule has 0 N–H and O–H groups in total. The van der Waals surface area contributed by atoms with Crippen molar-refractivity contribution in [3.63, 3.8) is 0 Å². The van der Waals surface area contributed by atoms with E-state index in [0.29, 0.717) is 33.1 Å². The lowest BCUT2D eigenvalue weighted by molar-refractivity contribution is -0.125. The highest BCUT2D eigenvalue weighted by Gasteiger charge is 2.46. The number of amides is 1. The lowest BCUT2D eigenvalue weighted by Crippen LogP contribution is -2.46. The molecule has 1 amide bonds. The van der Waals surface area contributed by atoms with Crippen molar-refractivity contribution in [3.05, 3.63) is 133 Å². The number of fused-ring (bicyclic) bond motifs is 2. The van der Waals surface area contributed by atoms with E-state index in [1.54, 1.807) is 35.2 Å². The summed E-state index contributed by atoms with van der Waals surface area (Å²) < 4.78 is 11.6. The number of Topliss-reactive ketones (excluding diaryl/α,β-unsaturated/α-hetero) is 1. The maximum atomic E-state index is 13.6. The van der Waals surface area contributed by atoms with Gasteiger partial charge in [0.15, 0.2) is 5.78 Å². The molecule has 1 spiro atoms. The van der Waals surface area contributed by atoms with Crippen LogP contribution in [0.2, 0.25) is 20.1 Å². The first-order valence-corrected chi connectivity index (χ1v) is 17.5. The van der Waals surface area contributed by atoms with Gasteiger partial charge in [-0.15, -0.1) is 0 Å². The molecular weight excluding hydrogens is 690 g/mol. The molecule has 1 unspecified atom stereocenters. The quantitative estimate of drug-likeness (QED) is 0.154. The summed E-state index contributed by atoms with van der Waals surface area (Å²) in [6.07, 6.45) is 2.06. The number of ether oxygens (including phenoxy) is 2. The number of rotatable bonds is 11. The number of hydrogen-bond acceptors (Lipinski definition) is 5. The van der Waals surface area contributed by atoms with Crippen LogP contribution >= 0.6 is 46.4 Å². The predicted molar refractivity (Wildman–Crippen MR) is 193 cm³/mol. The number of halogens is 4. The molecule has 48 heavy (non-hydrogen) atoms. The molecule has 1 atom stereocenters. The minimum absolute atomic E-state index is 0.0376. The first-order valence-electron chi connectivity index (χ1n) is 16.0. The van der Waals surface area contributed by atoms with E-state index in [1.807, 2.05) is 54.6 Å². The summed E-state index contributed by atoms with van der Waals surface area (Å²) in [4.78, 5) is 31.1. The molecule has 1 saturated heterocycles. The molecule has 6 nitrogen and oxygen atoms in total. The van der Waals surface area contributed by atoms with Gasteiger partial charge >= 0.3 is 6.09 Å². The number of likely N-dealkylation sites (tertiary alicyclic amines) is 1. The van der Waals surface area contributed by atoms with Gasteiger partial charge < -0.3 is 14.4 Å². The molecule has 6 rings (SSSR count). The van der Waals surface area contributed by atoms with Crippen LogP contribution in [-0.4, -0.2) is 49.6 Å². The molecule has 4 aromatic carbocycles. The topological polar surface area (TPSA) is 59.1 Å². The van der Waals surface area contributed by atoms with Gasteiger partial charge in [-0.25, -0.2) is 4.79 Å². The van der Waals surface area contributed by atoms with Crippen LogP contribution in [0.4, 0.5) is 10.5 Å². The summed E-state index contributed by atoms with van der Waals surface area (Å²) in [5.74, 6) is -0.454. The van der Waals surface area contributed by atoms with E-state index in [9.17, 15) is 9.59 Å². The minimum Gasteiger partial charge on any atom is -0.444 e. The summed E-state index contributed by atoms with van der Waals surface area (Å²) in [5, 5.41) is 1.88. The van der Waals surface area contributed by atoms with Crippen molar-refractivity contribution in [1.82, 2.24) is 4.90 Å². The standard InChI is InChI=1S/C38H36Cl4N2O4/c39-29-18-27(19-30(40)21-29)22-47-24-36(45)31(28-10-11-33(41)34(42)20-28)12-15-43-16-13-38(14-17-43)25-44(35-9-5-4-8-32(35)38)37(46)48-23-26-6-2-1-3-7-26/h1-11,18-21,31H,12-17,22-25H2. The number of piperidine rings is 1. The Morgan fingerprint density at radius 3 is 2.21 bits per heavy atom. The van der Waals surface area contributed by atoms with Crippen molar-refractivity contribution in [2.75, 3.05) is 37.7 Å². The predicted octanol–water partition coefficient (Wildman–Crippen LogP) is 9.75. The largest absolute Gasteiger partial charge is 0.444 e. The Morgan fingerprint density at radius 1 is 0.771 bits per heavy atom. The van der Waals surface area contributed by atoms with E-state index < -0.39 is 5.92 Å². The monoisotopic (exact) mass is 724 g/mol. The zero-order valence-electron chi connectivity index (χ0n) is 26.3. The zero-order chi connectivity index (χ0) is 33.7. The third-order valence-corrected chi connectivity index (χ3v) is 10.5. The molecule has 0 aliphatic carbocycles. The molecule has 4 aromatic rings. The fourth-order valence-electron chi connectivity index (χ4n) is 6.84. The molecule has 10 heteroatoms. The van der Waals surface area contributed by atoms with Gasteiger partial charge in [-0.2, -0.15) is 0 Å². The van der Waals surface area contributed by atoms with Crippen molar-refractivity contribution in [1.29, 1.82) is 0 Å². The van der Waals surface area contributed by atoms with E-state index in [-0.39, 0.29) is 37.1 Å². The SMILES string of the molecule is O=C(COCc1cc(Cl)cc(Cl)c1)C(CCN1CCC2(CC1)CN(C(=O)OCc1ccccc1)c1ccccc12)c1ccc(Cl)c(Cl)c1. The van der Waals surface area contributed by atoms with Crippen LogP contribution in [0.5, 0.6) is 0 Å². The highest BCUT2D eigenvalue weighted by Crippen LogP contribution is 2.47. The second-order valence-electron chi connectivity index (χ2n) is 12.5. The Hall–Kier alpha value is -3.10. The fraction of sp³-hybridized carbons (Fsp3) is 0.316. The van der Waals surface area contributed by atoms with E-state index in [2.05, 4.69) is 11.0 Å². The molecule has 250 valence electrons. The Balaban J connectivity index is 1.08. The van der Waals surface area contributed by atoms with Crippen molar-refractivity contribution in [3.8, 4) is 0 Å². The smallest absolute Gasteiger partial charge is 0.414 e. The number of hydrogen-bond donors (Lipinski definition) is 0. The van der Waals surface area contributed by atoms with Crippen LogP contribution < -0.4 is 4.90 Å². The molecule has 2 aliphatic heterocycles. The number of benzene rings is 4. The van der Waals surface area contributed by atoms with Gasteiger partial charge in [-0.3, -0.25) is 9.69 Å². The Labute approximate surface area is 301 Å². The number of nitrogens with zero attached hydrogens (tertiary/aromatic N) is 2. The highest BCUT2D eigenvalue weighted by atomic mass is 35.5. The van der Waals surface area contributed by atoms with Crippen molar-refractivity contribution in [2.24, 2.45) is 0 Å².